The van der Waals surface area contributed by atoms with E-state index in [1.807, 2.05) is 0 Å². The molecule has 206 valence electrons. The molecule has 3 atom stereocenters. The second kappa shape index (κ2) is 10.6. The van der Waals surface area contributed by atoms with Gasteiger partial charge in [-0.2, -0.15) is 13.2 Å². The van der Waals surface area contributed by atoms with Gasteiger partial charge in [0.15, 0.2) is 0 Å². The lowest BCUT2D eigenvalue weighted by atomic mass is 9.81. The number of imide groups is 1. The van der Waals surface area contributed by atoms with Crippen molar-refractivity contribution >= 4 is 29.6 Å². The molecule has 2 aromatic heterocycles. The molecule has 0 unspecified atom stereocenters. The number of imidazole rings is 1. The lowest BCUT2D eigenvalue weighted by Crippen LogP contribution is -2.71. The zero-order valence-electron chi connectivity index (χ0n) is 21.5. The molecule has 1 saturated carbocycles. The highest BCUT2D eigenvalue weighted by molar-refractivity contribution is 6.12. The Hall–Kier alpha value is -3.64. The van der Waals surface area contributed by atoms with Crippen LogP contribution >= 0.6 is 0 Å². The number of anilines is 2. The Morgan fingerprint density at radius 1 is 1.24 bits per heavy atom. The van der Waals surface area contributed by atoms with Crippen LogP contribution in [0.2, 0.25) is 0 Å². The van der Waals surface area contributed by atoms with Crippen molar-refractivity contribution in [2.45, 2.75) is 63.7 Å². The van der Waals surface area contributed by atoms with E-state index < -0.39 is 47.9 Å². The van der Waals surface area contributed by atoms with E-state index in [1.54, 1.807) is 36.9 Å². The number of rotatable bonds is 6. The quantitative estimate of drug-likeness (QED) is 0.548. The first kappa shape index (κ1) is 27.4. The molecule has 0 aromatic carbocycles. The predicted octanol–water partition coefficient (Wildman–Crippen LogP) is 2.96. The van der Waals surface area contributed by atoms with Crippen molar-refractivity contribution in [2.75, 3.05) is 17.7 Å². The second-order valence-corrected chi connectivity index (χ2v) is 10.1. The lowest BCUT2D eigenvalue weighted by Gasteiger charge is -2.46. The molecular formula is C25H32F3N7O3. The van der Waals surface area contributed by atoms with E-state index in [0.717, 1.165) is 6.42 Å². The third kappa shape index (κ3) is 5.46. The summed E-state index contributed by atoms with van der Waals surface area (Å²) in [5, 5.41) is 2.05. The number of halogens is 3. The average molecular weight is 536 g/mol. The number of nitrogens with one attached hydrogen (secondary N) is 1. The number of β-lactam (4-membered cyclic amide) rings is 1. The molecule has 1 aliphatic carbocycles. The number of carbonyl (C=O) groups is 3. The van der Waals surface area contributed by atoms with Crippen LogP contribution in [-0.2, 0) is 23.1 Å². The fraction of sp³-hybridized carbons (Fsp3) is 0.560. The van der Waals surface area contributed by atoms with E-state index in [9.17, 15) is 27.6 Å². The molecule has 38 heavy (non-hydrogen) atoms. The highest BCUT2D eigenvalue weighted by Gasteiger charge is 2.57. The summed E-state index contributed by atoms with van der Waals surface area (Å²) in [5.41, 5.74) is 7.06. The van der Waals surface area contributed by atoms with Crippen LogP contribution in [0.3, 0.4) is 0 Å². The summed E-state index contributed by atoms with van der Waals surface area (Å²) < 4.78 is 43.5. The lowest BCUT2D eigenvalue weighted by molar-refractivity contribution is -0.170. The maximum Gasteiger partial charge on any atom is 0.408 e. The van der Waals surface area contributed by atoms with Gasteiger partial charge in [0, 0.05) is 32.2 Å². The number of amides is 4. The van der Waals surface area contributed by atoms with E-state index in [4.69, 9.17) is 5.73 Å². The molecule has 0 radical (unpaired) electrons. The standard InChI is InChI=1S/C25H32F3N7O3/c1-14-11-15(13-18(29)31-14)12-17-19(22(37)34(3)23-30-9-10-33(23)2)35(21(17)36)24(38)32-20(25(26,27)28)16-7-5-4-6-8-16/h9-11,13,16-17,19-20H,4-8,12H2,1-3H3,(H2,29,31)(H,32,38)/t17-,19+,20+/m1/s1. The fourth-order valence-electron chi connectivity index (χ4n) is 5.51. The number of alkyl halides is 3. The Labute approximate surface area is 218 Å². The van der Waals surface area contributed by atoms with Crippen LogP contribution in [0.1, 0.15) is 43.4 Å². The van der Waals surface area contributed by atoms with Crippen molar-refractivity contribution in [1.29, 1.82) is 0 Å². The maximum absolute atomic E-state index is 14.0. The zero-order valence-corrected chi connectivity index (χ0v) is 21.5. The summed E-state index contributed by atoms with van der Waals surface area (Å²) in [6.07, 6.45) is 1.25. The van der Waals surface area contributed by atoms with Gasteiger partial charge in [-0.05, 0) is 49.8 Å². The molecule has 13 heteroatoms. The Morgan fingerprint density at radius 2 is 1.92 bits per heavy atom. The molecular weight excluding hydrogens is 503 g/mol. The zero-order chi connectivity index (χ0) is 27.8. The molecule has 3 N–H and O–H groups in total. The molecule has 10 nitrogen and oxygen atoms in total. The number of aryl methyl sites for hydroxylation is 2. The van der Waals surface area contributed by atoms with Crippen LogP contribution in [0, 0.1) is 18.8 Å². The number of nitrogen functional groups attached to an aromatic ring is 1. The van der Waals surface area contributed by atoms with Gasteiger partial charge in [0.2, 0.25) is 11.9 Å². The SMILES string of the molecule is Cc1cc(C[C@H]2C(=O)N(C(=O)N[C@@H](C3CCCCC3)C(F)(F)F)[C@@H]2C(=O)N(C)c2nccn2C)cc(N)n1. The van der Waals surface area contributed by atoms with Gasteiger partial charge < -0.3 is 15.6 Å². The van der Waals surface area contributed by atoms with Crippen molar-refractivity contribution in [3.63, 3.8) is 0 Å². The fourth-order valence-corrected chi connectivity index (χ4v) is 5.51. The Morgan fingerprint density at radius 3 is 2.50 bits per heavy atom. The van der Waals surface area contributed by atoms with Gasteiger partial charge in [-0.1, -0.05) is 19.3 Å². The minimum atomic E-state index is -4.69. The van der Waals surface area contributed by atoms with E-state index in [1.165, 1.54) is 18.1 Å². The van der Waals surface area contributed by atoms with Crippen LogP contribution < -0.4 is 16.0 Å². The number of hydrogen-bond donors (Lipinski definition) is 2. The Balaban J connectivity index is 1.62. The molecule has 1 aliphatic heterocycles. The summed E-state index contributed by atoms with van der Waals surface area (Å²) in [5.74, 6) is -2.64. The minimum Gasteiger partial charge on any atom is -0.384 e. The molecule has 0 spiro atoms. The largest absolute Gasteiger partial charge is 0.408 e. The first-order valence-electron chi connectivity index (χ1n) is 12.6. The minimum absolute atomic E-state index is 0.0618. The summed E-state index contributed by atoms with van der Waals surface area (Å²) in [4.78, 5) is 50.1. The smallest absolute Gasteiger partial charge is 0.384 e. The Kier molecular flexibility index (Phi) is 7.65. The van der Waals surface area contributed by atoms with Gasteiger partial charge in [0.05, 0.1) is 5.92 Å². The van der Waals surface area contributed by atoms with Gasteiger partial charge in [0.25, 0.3) is 5.91 Å². The molecule has 4 amide bonds. The first-order valence-corrected chi connectivity index (χ1v) is 12.6. The van der Waals surface area contributed by atoms with Crippen LogP contribution in [-0.4, -0.2) is 62.6 Å². The van der Waals surface area contributed by atoms with Gasteiger partial charge in [-0.3, -0.25) is 19.4 Å². The van der Waals surface area contributed by atoms with Gasteiger partial charge >= 0.3 is 12.2 Å². The summed E-state index contributed by atoms with van der Waals surface area (Å²) in [6.45, 7) is 1.72. The van der Waals surface area contributed by atoms with Crippen LogP contribution in [0.15, 0.2) is 24.5 Å². The van der Waals surface area contributed by atoms with Crippen molar-refractivity contribution in [3.05, 3.63) is 35.8 Å². The topological polar surface area (TPSA) is 126 Å². The van der Waals surface area contributed by atoms with Gasteiger partial charge in [0.1, 0.15) is 17.9 Å². The number of carbonyl (C=O) groups excluding carboxylic acids is 3. The first-order chi connectivity index (χ1) is 17.9. The van der Waals surface area contributed by atoms with Gasteiger partial charge in [-0.15, -0.1) is 0 Å². The molecule has 0 bridgehead atoms. The van der Waals surface area contributed by atoms with E-state index in [0.29, 0.717) is 41.8 Å². The highest BCUT2D eigenvalue weighted by atomic mass is 19.4. The summed E-state index contributed by atoms with van der Waals surface area (Å²) in [7, 11) is 3.11. The van der Waals surface area contributed by atoms with Crippen LogP contribution in [0.25, 0.3) is 0 Å². The van der Waals surface area contributed by atoms with Crippen LogP contribution in [0.4, 0.5) is 29.7 Å². The molecule has 2 fully saturated rings. The van der Waals surface area contributed by atoms with E-state index in [2.05, 4.69) is 15.3 Å². The number of pyridine rings is 1. The number of hydrogen-bond acceptors (Lipinski definition) is 6. The molecule has 2 aliphatic rings. The number of likely N-dealkylation sites (N-methyl/N-ethyl adjacent to an activating group) is 1. The van der Waals surface area contributed by atoms with Crippen molar-refractivity contribution in [2.24, 2.45) is 18.9 Å². The monoisotopic (exact) mass is 535 g/mol. The van der Waals surface area contributed by atoms with Gasteiger partial charge in [-0.25, -0.2) is 14.8 Å². The second-order valence-electron chi connectivity index (χ2n) is 10.1. The number of urea groups is 1. The summed E-state index contributed by atoms with van der Waals surface area (Å²) >= 11 is 0. The summed E-state index contributed by atoms with van der Waals surface area (Å²) in [6, 6.07) is -1.38. The number of nitrogens with two attached hydrogens (primary N) is 1. The predicted molar refractivity (Wildman–Crippen MR) is 133 cm³/mol. The van der Waals surface area contributed by atoms with E-state index in [-0.39, 0.29) is 18.2 Å². The van der Waals surface area contributed by atoms with Crippen molar-refractivity contribution < 1.29 is 27.6 Å². The number of nitrogens with zero attached hydrogens (tertiary/aromatic N) is 5. The van der Waals surface area contributed by atoms with Crippen LogP contribution in [0.5, 0.6) is 0 Å². The molecule has 4 rings (SSSR count). The third-order valence-electron chi connectivity index (χ3n) is 7.35. The molecule has 1 saturated heterocycles. The normalized spacial score (nSPS) is 21.1. The van der Waals surface area contributed by atoms with Crippen molar-refractivity contribution in [1.82, 2.24) is 24.8 Å². The highest BCUT2D eigenvalue weighted by Crippen LogP contribution is 2.37. The number of likely N-dealkylation sites (tertiary alicyclic amines) is 1. The number of aromatic nitrogens is 3. The van der Waals surface area contributed by atoms with E-state index >= 15 is 0 Å². The maximum atomic E-state index is 14.0. The average Bonchev–Trinajstić information content (AvgIpc) is 3.28. The molecule has 2 aromatic rings. The third-order valence-corrected chi connectivity index (χ3v) is 7.35. The Bertz CT molecular complexity index is 1190. The molecule has 3 heterocycles. The van der Waals surface area contributed by atoms with Crippen molar-refractivity contribution in [3.8, 4) is 0 Å².